The molecule has 0 unspecified atom stereocenters. The van der Waals surface area contributed by atoms with E-state index in [0.29, 0.717) is 5.56 Å². The second kappa shape index (κ2) is 27.6. The molecule has 3 aliphatic rings. The third-order valence-electron chi connectivity index (χ3n) is 13.5. The largest absolute Gasteiger partial charge is 0.507 e. The quantitative estimate of drug-likeness (QED) is 0.0150. The summed E-state index contributed by atoms with van der Waals surface area (Å²) in [5, 5.41) is 140. The first-order valence-corrected chi connectivity index (χ1v) is 25.8. The van der Waals surface area contributed by atoms with Gasteiger partial charge in [-0.25, -0.2) is 14.0 Å². The molecule has 5 aromatic rings. The summed E-state index contributed by atoms with van der Waals surface area (Å²) in [4.78, 5) is 37.7. The van der Waals surface area contributed by atoms with E-state index in [0.717, 1.165) is 36.4 Å². The Morgan fingerprint density at radius 3 is 1.93 bits per heavy atom. The third kappa shape index (κ3) is 14.8. The van der Waals surface area contributed by atoms with Gasteiger partial charge in [-0.05, 0) is 59.7 Å². The van der Waals surface area contributed by atoms with Crippen LogP contribution < -0.4 is 23.7 Å². The molecular weight excluding hydrogens is 1140 g/mol. The lowest BCUT2D eigenvalue weighted by Crippen LogP contribution is -2.64. The average Bonchev–Trinajstić information content (AvgIpc) is 1.94. The van der Waals surface area contributed by atoms with Crippen LogP contribution >= 0.6 is 0 Å². The van der Waals surface area contributed by atoms with E-state index in [4.69, 9.17) is 66.4 Å². The maximum absolute atomic E-state index is 13.5. The number of fused-ring (bicyclic) bond motifs is 1. The molecule has 3 fully saturated rings. The number of carbonyl (C=O) groups is 3. The highest BCUT2D eigenvalue weighted by Gasteiger charge is 2.52. The van der Waals surface area contributed by atoms with Gasteiger partial charge in [0, 0.05) is 30.4 Å². The first kappa shape index (κ1) is 62.7. The van der Waals surface area contributed by atoms with Gasteiger partial charge in [-0.2, -0.15) is 0 Å². The third-order valence-corrected chi connectivity index (χ3v) is 13.5. The van der Waals surface area contributed by atoms with Crippen LogP contribution in [0.15, 0.2) is 83.3 Å². The van der Waals surface area contributed by atoms with Crippen LogP contribution in [0.3, 0.4) is 0 Å². The monoisotopic (exact) mass is 1200 g/mol. The van der Waals surface area contributed by atoms with Crippen LogP contribution in [-0.4, -0.2) is 218 Å². The number of esters is 2. The Morgan fingerprint density at radius 1 is 0.600 bits per heavy atom. The highest BCUT2D eigenvalue weighted by atomic mass is 16.8. The summed E-state index contributed by atoms with van der Waals surface area (Å²) in [7, 11) is 3.88. The van der Waals surface area contributed by atoms with E-state index in [2.05, 4.69) is 0 Å². The van der Waals surface area contributed by atoms with Crippen LogP contribution in [0.25, 0.3) is 34.4 Å². The Hall–Kier alpha value is -8.30. The maximum atomic E-state index is 13.5. The van der Waals surface area contributed by atoms with Crippen LogP contribution in [0, 0.1) is 0 Å². The first-order chi connectivity index (χ1) is 40.6. The van der Waals surface area contributed by atoms with Gasteiger partial charge >= 0.3 is 29.3 Å². The average molecular weight is 1200 g/mol. The highest BCUT2D eigenvalue weighted by molar-refractivity contribution is 5.90. The molecule has 0 amide bonds. The number of carbonyl (C=O) groups excluding carboxylic acids is 2. The lowest BCUT2D eigenvalue weighted by atomic mass is 9.98. The first-order valence-electron chi connectivity index (χ1n) is 25.8. The van der Waals surface area contributed by atoms with E-state index in [-0.39, 0.29) is 69.0 Å². The molecule has 458 valence electrons. The Balaban J connectivity index is 1.16. The molecule has 0 saturated carbocycles. The van der Waals surface area contributed by atoms with Crippen molar-refractivity contribution < 1.29 is 142 Å². The van der Waals surface area contributed by atoms with Gasteiger partial charge in [0.15, 0.2) is 53.0 Å². The molecule has 3 saturated heterocycles. The highest BCUT2D eigenvalue weighted by Crippen LogP contribution is 2.44. The zero-order valence-electron chi connectivity index (χ0n) is 45.1. The predicted molar refractivity (Wildman–Crippen MR) is 284 cm³/mol. The molecule has 4 heterocycles. The fourth-order valence-corrected chi connectivity index (χ4v) is 8.95. The summed E-state index contributed by atoms with van der Waals surface area (Å²) in [6.07, 6.45) is -22.4. The van der Waals surface area contributed by atoms with E-state index in [1.165, 1.54) is 75.9 Å². The molecule has 14 atom stereocenters. The van der Waals surface area contributed by atoms with Gasteiger partial charge < -0.3 is 123 Å². The number of phenolic OH excluding ortho intramolecular Hbond substituents is 5. The normalized spacial score (nSPS) is 26.9. The van der Waals surface area contributed by atoms with Crippen molar-refractivity contribution in [1.29, 1.82) is 0 Å². The van der Waals surface area contributed by atoms with Crippen LogP contribution in [0.2, 0.25) is 0 Å². The molecule has 0 spiro atoms. The SMILES string of the molecule is COc1cc(C=CC(=O)OC[C@H]2O[C@@H](Oc3cc4c(O[C@@H]5O[C@H](COCCC(=O)O)[C@@H](O)[C@H](O)[C@H]5O)cc(O)cc4[o+]c3-c3ccc(O)c(O)c3)[C@H](O[C@@H]3OC[C@@H](O)[C@H](O)[C@H]3OC(=O)C=Cc3cc(OC)c(O)c(OC)c3)[C@@H](O)[C@@H]2O)ccc1O. The molecule has 0 aliphatic carbocycles. The number of ether oxygens (including phenoxy) is 12. The summed E-state index contributed by atoms with van der Waals surface area (Å²) >= 11 is 0. The minimum Gasteiger partial charge on any atom is -0.507 e. The molecule has 3 aliphatic heterocycles. The zero-order valence-corrected chi connectivity index (χ0v) is 45.1. The van der Waals surface area contributed by atoms with E-state index >= 15 is 0 Å². The van der Waals surface area contributed by atoms with Crippen molar-refractivity contribution in [3.05, 3.63) is 90.0 Å². The van der Waals surface area contributed by atoms with Gasteiger partial charge in [-0.1, -0.05) is 6.07 Å². The summed E-state index contributed by atoms with van der Waals surface area (Å²) in [6.45, 7) is -2.27. The molecule has 29 heteroatoms. The van der Waals surface area contributed by atoms with Crippen molar-refractivity contribution >= 4 is 41.0 Å². The number of phenols is 5. The topological polar surface area (TPSA) is 436 Å². The van der Waals surface area contributed by atoms with Crippen molar-refractivity contribution in [1.82, 2.24) is 0 Å². The number of hydrogen-bond acceptors (Lipinski definition) is 27. The number of benzene rings is 4. The predicted octanol–water partition coefficient (Wildman–Crippen LogP) is 0.783. The molecule has 4 aromatic carbocycles. The number of aliphatic carboxylic acids is 1. The molecular formula is C56H61O29+. The van der Waals surface area contributed by atoms with Gasteiger partial charge in [0.2, 0.25) is 24.1 Å². The van der Waals surface area contributed by atoms with Gasteiger partial charge in [-0.3, -0.25) is 4.79 Å². The Labute approximate surface area is 480 Å². The minimum absolute atomic E-state index is 0.0141. The number of hydrogen-bond donors (Lipinski definition) is 13. The van der Waals surface area contributed by atoms with E-state index in [1.807, 2.05) is 0 Å². The van der Waals surface area contributed by atoms with Crippen molar-refractivity contribution in [3.8, 4) is 68.8 Å². The van der Waals surface area contributed by atoms with Crippen molar-refractivity contribution in [3.63, 3.8) is 0 Å². The number of aromatic hydroxyl groups is 5. The van der Waals surface area contributed by atoms with Gasteiger partial charge in [-0.15, -0.1) is 0 Å². The van der Waals surface area contributed by atoms with Crippen LogP contribution in [0.1, 0.15) is 17.5 Å². The summed E-state index contributed by atoms with van der Waals surface area (Å²) in [6, 6.07) is 13.6. The van der Waals surface area contributed by atoms with Crippen molar-refractivity contribution in [2.75, 3.05) is 47.8 Å². The number of methoxy groups -OCH3 is 3. The molecule has 0 radical (unpaired) electrons. The number of carboxylic acids is 1. The second-order valence-electron chi connectivity index (χ2n) is 19.3. The lowest BCUT2D eigenvalue weighted by molar-refractivity contribution is -0.345. The molecule has 85 heavy (non-hydrogen) atoms. The van der Waals surface area contributed by atoms with Crippen molar-refractivity contribution in [2.24, 2.45) is 0 Å². The van der Waals surface area contributed by atoms with Gasteiger partial charge in [0.1, 0.15) is 78.4 Å². The van der Waals surface area contributed by atoms with Crippen molar-refractivity contribution in [2.45, 2.75) is 92.4 Å². The summed E-state index contributed by atoms with van der Waals surface area (Å²) < 4.78 is 74.5. The van der Waals surface area contributed by atoms with Crippen LogP contribution in [-0.2, 0) is 47.5 Å². The van der Waals surface area contributed by atoms with Crippen LogP contribution in [0.5, 0.6) is 57.5 Å². The number of carboxylic acid groups (broad SMARTS) is 1. The summed E-state index contributed by atoms with van der Waals surface area (Å²) in [5.74, 6) is -6.71. The Morgan fingerprint density at radius 2 is 1.24 bits per heavy atom. The van der Waals surface area contributed by atoms with Gasteiger partial charge in [0.05, 0.1) is 59.2 Å². The smallest absolute Gasteiger partial charge is 0.402 e. The molecule has 13 N–H and O–H groups in total. The van der Waals surface area contributed by atoms with E-state index in [9.17, 15) is 75.7 Å². The molecule has 1 aromatic heterocycles. The number of rotatable bonds is 22. The molecule has 0 bridgehead atoms. The van der Waals surface area contributed by atoms with E-state index in [1.54, 1.807) is 0 Å². The maximum Gasteiger partial charge on any atom is 0.402 e. The van der Waals surface area contributed by atoms with Crippen LogP contribution in [0.4, 0.5) is 0 Å². The fraction of sp³-hybridized carbons (Fsp3) is 0.393. The number of aliphatic hydroxyl groups excluding tert-OH is 7. The molecule has 29 nitrogen and oxygen atoms in total. The Bertz CT molecular complexity index is 3210. The summed E-state index contributed by atoms with van der Waals surface area (Å²) in [5.41, 5.74) is 0.382. The molecule has 8 rings (SSSR count). The zero-order chi connectivity index (χ0) is 61.4. The fourth-order valence-electron chi connectivity index (χ4n) is 8.95. The minimum atomic E-state index is -2.16. The number of aliphatic hydroxyl groups is 7. The van der Waals surface area contributed by atoms with E-state index < -0.39 is 153 Å². The lowest BCUT2D eigenvalue weighted by Gasteiger charge is -2.45. The van der Waals surface area contributed by atoms with Gasteiger partial charge in [0.25, 0.3) is 0 Å². The standard InChI is InChI=1S/C56H60O29/c1-73-35-14-24(4-8-30(35)59)5-10-42(64)77-23-40-47(69)49(71)53(85-55-52(44(66)32(61)21-78-55)84-43(65)11-6-25-15-36(74-2)45(67)37(16-25)75-3)56(83-40)81-38-20-28-33(79-51(38)26-7-9-29(58)31(60)17-26)18-27(57)19-34(28)80-54-50(72)48(70)46(68)39(82-54)22-76-13-12-41(62)63/h4-11,14-20,32,39-40,44,46-50,52-56,61,66,68-72H,12-13,21-23H2,1-3H3,(H5-,57,58,59,60,62,63,64,65,67)/p+1/t32-,39-,40-,44+,46-,47-,48+,49+,50-,52-,53-,54-,55+,56-/m1/s1. The Kier molecular flexibility index (Phi) is 20.4. The second-order valence-corrected chi connectivity index (χ2v) is 19.3.